The molecule has 0 bridgehead atoms. The van der Waals surface area contributed by atoms with E-state index in [0.717, 1.165) is 43.4 Å². The minimum absolute atomic E-state index is 0.00816. The fourth-order valence-corrected chi connectivity index (χ4v) is 2.80. The summed E-state index contributed by atoms with van der Waals surface area (Å²) < 4.78 is 5.23. The lowest BCUT2D eigenvalue weighted by atomic mass is 9.81. The van der Waals surface area contributed by atoms with E-state index in [9.17, 15) is 4.79 Å². The second-order valence-corrected chi connectivity index (χ2v) is 6.14. The third-order valence-electron chi connectivity index (χ3n) is 4.30. The number of nitrogens with one attached hydrogen (secondary N) is 2. The van der Waals surface area contributed by atoms with Crippen LogP contribution in [0.3, 0.4) is 0 Å². The number of para-hydroxylation sites is 1. The summed E-state index contributed by atoms with van der Waals surface area (Å²) in [6, 6.07) is 7.62. The van der Waals surface area contributed by atoms with E-state index in [2.05, 4.69) is 22.7 Å². The molecule has 1 aromatic carbocycles. The molecule has 1 amide bonds. The summed E-state index contributed by atoms with van der Waals surface area (Å²) in [7, 11) is 0. The molecular formula is C16H21N3O2. The van der Waals surface area contributed by atoms with Crippen LogP contribution in [0.15, 0.2) is 28.8 Å². The Labute approximate surface area is 124 Å². The molecule has 112 valence electrons. The molecule has 0 aliphatic carbocycles. The van der Waals surface area contributed by atoms with Crippen molar-refractivity contribution >= 4 is 16.9 Å². The number of hydrogen-bond acceptors (Lipinski definition) is 4. The minimum Gasteiger partial charge on any atom is -0.356 e. The first kappa shape index (κ1) is 14.1. The first-order valence-electron chi connectivity index (χ1n) is 7.47. The Balaban J connectivity index is 1.59. The molecule has 1 fully saturated rings. The maximum absolute atomic E-state index is 12.1. The van der Waals surface area contributed by atoms with E-state index < -0.39 is 0 Å². The Morgan fingerprint density at radius 1 is 1.38 bits per heavy atom. The molecule has 0 radical (unpaired) electrons. The summed E-state index contributed by atoms with van der Waals surface area (Å²) in [4.78, 5) is 12.1. The molecule has 2 aromatic rings. The summed E-state index contributed by atoms with van der Waals surface area (Å²) >= 11 is 0. The van der Waals surface area contributed by atoms with Gasteiger partial charge in [0.2, 0.25) is 5.91 Å². The van der Waals surface area contributed by atoms with E-state index in [4.69, 9.17) is 4.52 Å². The number of carbonyl (C=O) groups is 1. The number of aromatic nitrogens is 1. The van der Waals surface area contributed by atoms with Gasteiger partial charge in [0.05, 0.1) is 6.42 Å². The Bertz CT molecular complexity index is 629. The molecule has 3 rings (SSSR count). The normalized spacial score (nSPS) is 17.8. The lowest BCUT2D eigenvalue weighted by Gasteiger charge is -2.34. The molecule has 1 saturated heterocycles. The quantitative estimate of drug-likeness (QED) is 0.901. The fraction of sp³-hybridized carbons (Fsp3) is 0.500. The van der Waals surface area contributed by atoms with Crippen molar-refractivity contribution in [2.75, 3.05) is 19.6 Å². The van der Waals surface area contributed by atoms with Crippen molar-refractivity contribution in [1.29, 1.82) is 0 Å². The standard InChI is InChI=1S/C16H21N3O2/c1-16(6-8-17-9-7-16)11-18-15(20)10-13-12-4-2-3-5-14(12)21-19-13/h2-5,17H,6-11H2,1H3,(H,18,20). The van der Waals surface area contributed by atoms with Gasteiger partial charge in [0.25, 0.3) is 0 Å². The van der Waals surface area contributed by atoms with Crippen LogP contribution >= 0.6 is 0 Å². The Morgan fingerprint density at radius 2 is 2.14 bits per heavy atom. The average molecular weight is 287 g/mol. The molecule has 0 spiro atoms. The molecule has 21 heavy (non-hydrogen) atoms. The number of amides is 1. The van der Waals surface area contributed by atoms with Crippen molar-refractivity contribution in [1.82, 2.24) is 15.8 Å². The fourth-order valence-electron chi connectivity index (χ4n) is 2.80. The second kappa shape index (κ2) is 5.85. The van der Waals surface area contributed by atoms with Crippen molar-refractivity contribution in [3.05, 3.63) is 30.0 Å². The van der Waals surface area contributed by atoms with Crippen LogP contribution in [0.5, 0.6) is 0 Å². The SMILES string of the molecule is CC1(CNC(=O)Cc2noc3ccccc23)CCNCC1. The van der Waals surface area contributed by atoms with E-state index in [1.807, 2.05) is 24.3 Å². The minimum atomic E-state index is 0.00816. The number of nitrogens with zero attached hydrogens (tertiary/aromatic N) is 1. The maximum Gasteiger partial charge on any atom is 0.226 e. The molecule has 1 aliphatic heterocycles. The molecular weight excluding hydrogens is 266 g/mol. The van der Waals surface area contributed by atoms with Gasteiger partial charge in [-0.1, -0.05) is 24.2 Å². The Hall–Kier alpha value is -1.88. The zero-order chi connectivity index (χ0) is 14.7. The molecule has 0 atom stereocenters. The highest BCUT2D eigenvalue weighted by molar-refractivity contribution is 5.86. The van der Waals surface area contributed by atoms with Crippen molar-refractivity contribution in [3.63, 3.8) is 0 Å². The van der Waals surface area contributed by atoms with Crippen LogP contribution in [-0.2, 0) is 11.2 Å². The third kappa shape index (κ3) is 3.24. The van der Waals surface area contributed by atoms with Gasteiger partial charge in [0.15, 0.2) is 5.58 Å². The van der Waals surface area contributed by atoms with Crippen LogP contribution in [-0.4, -0.2) is 30.7 Å². The summed E-state index contributed by atoms with van der Waals surface area (Å²) in [5.41, 5.74) is 1.64. The maximum atomic E-state index is 12.1. The highest BCUT2D eigenvalue weighted by Crippen LogP contribution is 2.26. The molecule has 0 saturated carbocycles. The largest absolute Gasteiger partial charge is 0.356 e. The van der Waals surface area contributed by atoms with Crippen LogP contribution in [0.1, 0.15) is 25.5 Å². The number of rotatable bonds is 4. The predicted octanol–water partition coefficient (Wildman–Crippen LogP) is 1.88. The van der Waals surface area contributed by atoms with E-state index in [-0.39, 0.29) is 17.7 Å². The molecule has 0 unspecified atom stereocenters. The first-order valence-corrected chi connectivity index (χ1v) is 7.47. The second-order valence-electron chi connectivity index (χ2n) is 6.14. The van der Waals surface area contributed by atoms with Crippen LogP contribution in [0.25, 0.3) is 11.0 Å². The zero-order valence-corrected chi connectivity index (χ0v) is 12.3. The van der Waals surface area contributed by atoms with Crippen molar-refractivity contribution in [2.45, 2.75) is 26.2 Å². The zero-order valence-electron chi connectivity index (χ0n) is 12.3. The smallest absolute Gasteiger partial charge is 0.226 e. The summed E-state index contributed by atoms with van der Waals surface area (Å²) in [5.74, 6) is 0.00816. The first-order chi connectivity index (χ1) is 10.2. The summed E-state index contributed by atoms with van der Waals surface area (Å²) in [5, 5.41) is 11.3. The summed E-state index contributed by atoms with van der Waals surface area (Å²) in [6.45, 7) is 5.02. The predicted molar refractivity (Wildman–Crippen MR) is 80.9 cm³/mol. The van der Waals surface area contributed by atoms with Gasteiger partial charge < -0.3 is 15.2 Å². The molecule has 5 heteroatoms. The van der Waals surface area contributed by atoms with Gasteiger partial charge in [-0.05, 0) is 43.5 Å². The molecule has 1 aromatic heterocycles. The van der Waals surface area contributed by atoms with Gasteiger partial charge >= 0.3 is 0 Å². The number of hydrogen-bond donors (Lipinski definition) is 2. The van der Waals surface area contributed by atoms with E-state index in [1.54, 1.807) is 0 Å². The molecule has 2 heterocycles. The molecule has 2 N–H and O–H groups in total. The van der Waals surface area contributed by atoms with Crippen LogP contribution in [0.2, 0.25) is 0 Å². The van der Waals surface area contributed by atoms with Gasteiger partial charge in [-0.25, -0.2) is 0 Å². The van der Waals surface area contributed by atoms with Crippen molar-refractivity contribution in [3.8, 4) is 0 Å². The number of fused-ring (bicyclic) bond motifs is 1. The van der Waals surface area contributed by atoms with Gasteiger partial charge in [0, 0.05) is 11.9 Å². The van der Waals surface area contributed by atoms with Crippen molar-refractivity contribution in [2.24, 2.45) is 5.41 Å². The summed E-state index contributed by atoms with van der Waals surface area (Å²) in [6.07, 6.45) is 2.46. The average Bonchev–Trinajstić information content (AvgIpc) is 2.90. The van der Waals surface area contributed by atoms with Crippen molar-refractivity contribution < 1.29 is 9.32 Å². The van der Waals surface area contributed by atoms with Crippen LogP contribution in [0.4, 0.5) is 0 Å². The molecule has 5 nitrogen and oxygen atoms in total. The highest BCUT2D eigenvalue weighted by atomic mass is 16.5. The van der Waals surface area contributed by atoms with Gasteiger partial charge in [-0.3, -0.25) is 4.79 Å². The van der Waals surface area contributed by atoms with Crippen LogP contribution in [0, 0.1) is 5.41 Å². The van der Waals surface area contributed by atoms with E-state index in [0.29, 0.717) is 5.69 Å². The topological polar surface area (TPSA) is 67.2 Å². The lowest BCUT2D eigenvalue weighted by Crippen LogP contribution is -2.43. The lowest BCUT2D eigenvalue weighted by molar-refractivity contribution is -0.121. The van der Waals surface area contributed by atoms with Gasteiger partial charge in [-0.15, -0.1) is 0 Å². The Kier molecular flexibility index (Phi) is 3.92. The van der Waals surface area contributed by atoms with E-state index in [1.165, 1.54) is 0 Å². The Morgan fingerprint density at radius 3 is 2.95 bits per heavy atom. The number of carbonyl (C=O) groups excluding carboxylic acids is 1. The van der Waals surface area contributed by atoms with E-state index >= 15 is 0 Å². The monoisotopic (exact) mass is 287 g/mol. The molecule has 1 aliphatic rings. The number of piperidine rings is 1. The van der Waals surface area contributed by atoms with Crippen LogP contribution < -0.4 is 10.6 Å². The third-order valence-corrected chi connectivity index (χ3v) is 4.30. The van der Waals surface area contributed by atoms with Gasteiger partial charge in [0.1, 0.15) is 5.69 Å². The highest BCUT2D eigenvalue weighted by Gasteiger charge is 2.27. The number of benzene rings is 1. The van der Waals surface area contributed by atoms with Gasteiger partial charge in [-0.2, -0.15) is 0 Å².